The van der Waals surface area contributed by atoms with E-state index in [1.54, 1.807) is 0 Å². The topological polar surface area (TPSA) is 52.6 Å². The molecule has 0 fully saturated rings. The van der Waals surface area contributed by atoms with Crippen LogP contribution < -0.4 is 0 Å². The summed E-state index contributed by atoms with van der Waals surface area (Å²) in [7, 11) is 0. The summed E-state index contributed by atoms with van der Waals surface area (Å²) in [6.07, 6.45) is 15.4. The Morgan fingerprint density at radius 1 is 0.220 bits per heavy atom. The van der Waals surface area contributed by atoms with Crippen molar-refractivity contribution < 1.29 is 17.7 Å². The molecule has 0 amide bonds. The van der Waals surface area contributed by atoms with Gasteiger partial charge in [-0.2, -0.15) is 0 Å². The number of hydrogen-bond donors (Lipinski definition) is 0. The molecule has 0 saturated carbocycles. The second-order valence-corrected chi connectivity index (χ2v) is 27.4. The molecule has 100 heavy (non-hydrogen) atoms. The number of benzene rings is 16. The van der Waals surface area contributed by atoms with Gasteiger partial charge in [0, 0.05) is 59.4 Å². The van der Waals surface area contributed by atoms with Crippen molar-refractivity contribution in [1.82, 2.24) is 0 Å². The molecule has 0 spiro atoms. The molecule has 22 rings (SSSR count). The summed E-state index contributed by atoms with van der Waals surface area (Å²) in [6.45, 7) is 0. The number of hydrogen-bond acceptors (Lipinski definition) is 4. The third-order valence-electron chi connectivity index (χ3n) is 22.1. The quantitative estimate of drug-likeness (QED) is 0.149. The predicted octanol–water partition coefficient (Wildman–Crippen LogP) is 27.9. The molecule has 20 aromatic rings. The van der Waals surface area contributed by atoms with Gasteiger partial charge in [0.15, 0.2) is 0 Å². The average Bonchev–Trinajstić information content (AvgIpc) is 1.28. The van der Waals surface area contributed by atoms with Crippen molar-refractivity contribution in [2.45, 2.75) is 25.7 Å². The Morgan fingerprint density at radius 2 is 0.680 bits per heavy atom. The van der Waals surface area contributed by atoms with E-state index in [1.807, 2.05) is 12.1 Å². The van der Waals surface area contributed by atoms with E-state index in [1.165, 1.54) is 104 Å². The largest absolute Gasteiger partial charge is 0.456 e. The summed E-state index contributed by atoms with van der Waals surface area (Å²) in [4.78, 5) is 0. The average molecular weight is 1280 g/mol. The van der Waals surface area contributed by atoms with Crippen molar-refractivity contribution in [2.75, 3.05) is 0 Å². The lowest BCUT2D eigenvalue weighted by atomic mass is 9.82. The minimum absolute atomic E-state index is 0.839. The molecule has 0 atom stereocenters. The molecule has 0 radical (unpaired) electrons. The highest BCUT2D eigenvalue weighted by Crippen LogP contribution is 2.50. The van der Waals surface area contributed by atoms with Crippen LogP contribution in [-0.2, 0) is 0 Å². The summed E-state index contributed by atoms with van der Waals surface area (Å²) in [5, 5.41) is 23.0. The van der Waals surface area contributed by atoms with Crippen LogP contribution in [0.25, 0.3) is 214 Å². The predicted molar refractivity (Wildman–Crippen MR) is 420 cm³/mol. The van der Waals surface area contributed by atoms with Crippen LogP contribution >= 0.6 is 0 Å². The fourth-order valence-corrected chi connectivity index (χ4v) is 17.4. The molecule has 0 bridgehead atoms. The molecule has 2 aliphatic carbocycles. The van der Waals surface area contributed by atoms with Crippen molar-refractivity contribution in [2.24, 2.45) is 0 Å². The standard InChI is InChI=1S/C96H58O4/c1-2-15-55(16-3-1)56-31-37-60(38-32-56)88-70-20-6-10-24-74(70)91(75-25-11-7-21-71(75)88)65-45-49-85-82(53-65)77-46-41-62-43-50-86-93(92(62)96(77)99-85)78-27-14-26-66(94(78)100-86)59-35-29-57(30-36-59)58-33-39-61(40-34-58)89-68-18-4-8-22-72(68)90(73-23-9-5-19-69(73)89)64-44-48-84-81(52-64)76-47-42-63-51-80-67-17-12-13-28-83(67)97-87(80)54-79(63)95(76)98-84/h1-2,4-15,17-33,35-39,41-54H,3,16,34,40H2. The number of rotatable bonds is 7. The third kappa shape index (κ3) is 8.22. The van der Waals surface area contributed by atoms with Gasteiger partial charge in [0.25, 0.3) is 0 Å². The van der Waals surface area contributed by atoms with Gasteiger partial charge < -0.3 is 17.7 Å². The highest BCUT2D eigenvalue weighted by atomic mass is 16.3. The first-order valence-electron chi connectivity index (χ1n) is 34.9. The van der Waals surface area contributed by atoms with Gasteiger partial charge in [-0.15, -0.1) is 0 Å². The van der Waals surface area contributed by atoms with Crippen molar-refractivity contribution in [3.05, 3.63) is 320 Å². The van der Waals surface area contributed by atoms with E-state index < -0.39 is 0 Å². The van der Waals surface area contributed by atoms with Crippen LogP contribution in [0.1, 0.15) is 42.4 Å². The van der Waals surface area contributed by atoms with Gasteiger partial charge in [-0.25, -0.2) is 0 Å². The first-order valence-corrected chi connectivity index (χ1v) is 34.9. The highest BCUT2D eigenvalue weighted by Gasteiger charge is 2.25. The van der Waals surface area contributed by atoms with Crippen LogP contribution in [0, 0.1) is 0 Å². The van der Waals surface area contributed by atoms with Gasteiger partial charge in [-0.05, 0) is 213 Å². The van der Waals surface area contributed by atoms with E-state index >= 15 is 0 Å². The summed E-state index contributed by atoms with van der Waals surface area (Å²) in [5.74, 6) is 0. The zero-order valence-electron chi connectivity index (χ0n) is 54.3. The second-order valence-electron chi connectivity index (χ2n) is 27.4. The Bertz CT molecular complexity index is 7000. The van der Waals surface area contributed by atoms with E-state index in [9.17, 15) is 0 Å². The van der Waals surface area contributed by atoms with Gasteiger partial charge >= 0.3 is 0 Å². The van der Waals surface area contributed by atoms with Crippen LogP contribution in [0.5, 0.6) is 0 Å². The molecule has 4 nitrogen and oxygen atoms in total. The number of allylic oxidation sites excluding steroid dienone is 8. The van der Waals surface area contributed by atoms with Crippen LogP contribution in [0.2, 0.25) is 0 Å². The van der Waals surface area contributed by atoms with E-state index in [0.29, 0.717) is 0 Å². The van der Waals surface area contributed by atoms with E-state index in [-0.39, 0.29) is 0 Å². The monoisotopic (exact) mass is 1270 g/mol. The first kappa shape index (κ1) is 55.4. The maximum absolute atomic E-state index is 7.04. The van der Waals surface area contributed by atoms with Crippen LogP contribution in [0.15, 0.2) is 321 Å². The van der Waals surface area contributed by atoms with Crippen LogP contribution in [0.3, 0.4) is 0 Å². The van der Waals surface area contributed by atoms with E-state index in [4.69, 9.17) is 17.7 Å². The number of furan rings is 4. The number of fused-ring (bicyclic) bond motifs is 21. The summed E-state index contributed by atoms with van der Waals surface area (Å²) < 4.78 is 27.1. The molecule has 0 unspecified atom stereocenters. The smallest absolute Gasteiger partial charge is 0.144 e. The molecule has 2 aliphatic rings. The lowest BCUT2D eigenvalue weighted by molar-refractivity contribution is 0.667. The van der Waals surface area contributed by atoms with Gasteiger partial charge in [-0.3, -0.25) is 0 Å². The molecule has 0 saturated heterocycles. The Kier molecular flexibility index (Phi) is 11.8. The molecule has 466 valence electrons. The molecule has 16 aromatic carbocycles. The van der Waals surface area contributed by atoms with E-state index in [0.717, 1.165) is 152 Å². The molecular weight excluding hydrogens is 1220 g/mol. The van der Waals surface area contributed by atoms with Crippen molar-refractivity contribution >= 4 is 169 Å². The molecule has 0 N–H and O–H groups in total. The zero-order valence-corrected chi connectivity index (χ0v) is 54.3. The maximum Gasteiger partial charge on any atom is 0.144 e. The lowest BCUT2D eigenvalue weighted by Crippen LogP contribution is -1.97. The summed E-state index contributed by atoms with van der Waals surface area (Å²) in [6, 6.07) is 100. The second kappa shape index (κ2) is 21.4. The number of para-hydroxylation sites is 2. The Balaban J connectivity index is 0.594. The fourth-order valence-electron chi connectivity index (χ4n) is 17.4. The SMILES string of the molecule is C1=CCCC(c2ccc(-c3c4ccccc4c(-c4ccc5oc6c(ccc7ccc8oc9c(-c%10ccc(C%11=CC=C(c%12c%13ccccc%13c(-c%13ccc%14oc%15c%16cc%17oc%18ccccc%18c%17cc%16ccc%15c%14c%13)c%13ccccc%12%13)CC%11)cc%10)cccc9c8c76)c5c4)c4ccccc34)cc2)=C1. The van der Waals surface area contributed by atoms with Gasteiger partial charge in [0.05, 0.1) is 0 Å². The zero-order chi connectivity index (χ0) is 65.3. The van der Waals surface area contributed by atoms with Crippen molar-refractivity contribution in [1.29, 1.82) is 0 Å². The minimum Gasteiger partial charge on any atom is -0.456 e. The first-order chi connectivity index (χ1) is 49.6. The van der Waals surface area contributed by atoms with Gasteiger partial charge in [0.1, 0.15) is 44.7 Å². The van der Waals surface area contributed by atoms with Gasteiger partial charge in [0.2, 0.25) is 0 Å². The Morgan fingerprint density at radius 3 is 1.29 bits per heavy atom. The molecule has 4 heterocycles. The lowest BCUT2D eigenvalue weighted by Gasteiger charge is -2.21. The normalized spacial score (nSPS) is 13.8. The van der Waals surface area contributed by atoms with Crippen LogP contribution in [-0.4, -0.2) is 0 Å². The molecule has 4 heteroatoms. The molecule has 4 aromatic heterocycles. The van der Waals surface area contributed by atoms with Crippen LogP contribution in [0.4, 0.5) is 0 Å². The summed E-state index contributed by atoms with van der Waals surface area (Å²) in [5.41, 5.74) is 24.3. The van der Waals surface area contributed by atoms with Crippen molar-refractivity contribution in [3.8, 4) is 44.5 Å². The van der Waals surface area contributed by atoms with Gasteiger partial charge in [-0.1, -0.05) is 243 Å². The molecular formula is C96H58O4. The summed E-state index contributed by atoms with van der Waals surface area (Å²) >= 11 is 0. The van der Waals surface area contributed by atoms with E-state index in [2.05, 4.69) is 291 Å². The molecule has 0 aliphatic heterocycles. The fraction of sp³-hybridized carbons (Fsp3) is 0.0417. The third-order valence-corrected chi connectivity index (χ3v) is 22.1. The minimum atomic E-state index is 0.839. The highest BCUT2D eigenvalue weighted by molar-refractivity contribution is 6.30. The maximum atomic E-state index is 7.04. The van der Waals surface area contributed by atoms with Crippen molar-refractivity contribution in [3.63, 3.8) is 0 Å². The Labute approximate surface area is 573 Å². The Hall–Kier alpha value is -12.8.